The summed E-state index contributed by atoms with van der Waals surface area (Å²) in [5, 5.41) is 0.691. The minimum absolute atomic E-state index is 0.00164. The average molecular weight is 490 g/mol. The Labute approximate surface area is 210 Å². The molecule has 1 amide bonds. The fourth-order valence-electron chi connectivity index (χ4n) is 4.66. The fraction of sp³-hybridized carbons (Fsp3) is 0.286. The molecule has 0 N–H and O–H groups in total. The molecule has 0 radical (unpaired) electrons. The zero-order valence-corrected chi connectivity index (χ0v) is 20.4. The van der Waals surface area contributed by atoms with Crippen LogP contribution in [0.25, 0.3) is 11.0 Å². The molecule has 5 rings (SSSR count). The summed E-state index contributed by atoms with van der Waals surface area (Å²) in [6.07, 6.45) is 1.23. The van der Waals surface area contributed by atoms with E-state index < -0.39 is 0 Å². The smallest absolute Gasteiger partial charge is 0.227 e. The van der Waals surface area contributed by atoms with Crippen molar-refractivity contribution < 1.29 is 14.3 Å². The third-order valence-electron chi connectivity index (χ3n) is 6.24. The molecule has 1 aromatic heterocycles. The van der Waals surface area contributed by atoms with E-state index in [1.54, 1.807) is 0 Å². The molecule has 0 aliphatic carbocycles. The van der Waals surface area contributed by atoms with Crippen LogP contribution in [0, 0.1) is 0 Å². The number of aryl methyl sites for hydroxylation is 1. The van der Waals surface area contributed by atoms with Crippen LogP contribution in [0.1, 0.15) is 31.5 Å². The number of carbonyl (C=O) groups is 1. The van der Waals surface area contributed by atoms with E-state index in [0.717, 1.165) is 47.0 Å². The fourth-order valence-corrected chi connectivity index (χ4v) is 4.78. The second-order valence-corrected chi connectivity index (χ2v) is 9.01. The quantitative estimate of drug-likeness (QED) is 0.267. The van der Waals surface area contributed by atoms with Crippen molar-refractivity contribution in [3.8, 4) is 11.5 Å². The molecular formula is C28H28ClN3O3. The molecule has 6 nitrogen and oxygen atoms in total. The van der Waals surface area contributed by atoms with Gasteiger partial charge in [-0.2, -0.15) is 0 Å². The van der Waals surface area contributed by atoms with Gasteiger partial charge < -0.3 is 18.9 Å². The van der Waals surface area contributed by atoms with Crippen LogP contribution in [-0.4, -0.2) is 35.2 Å². The molecule has 1 atom stereocenters. The van der Waals surface area contributed by atoms with Crippen molar-refractivity contribution >= 4 is 34.2 Å². The summed E-state index contributed by atoms with van der Waals surface area (Å²) in [6.45, 7) is 4.41. The summed E-state index contributed by atoms with van der Waals surface area (Å²) in [6, 6.07) is 23.3. The molecule has 1 saturated heterocycles. The average Bonchev–Trinajstić information content (AvgIpc) is 3.44. The first-order valence-electron chi connectivity index (χ1n) is 12.0. The van der Waals surface area contributed by atoms with Crippen LogP contribution in [0.15, 0.2) is 72.8 Å². The van der Waals surface area contributed by atoms with Crippen LogP contribution < -0.4 is 14.4 Å². The van der Waals surface area contributed by atoms with Gasteiger partial charge in [-0.1, -0.05) is 35.9 Å². The van der Waals surface area contributed by atoms with Crippen LogP contribution in [0.4, 0.5) is 5.69 Å². The number of imidazole rings is 1. The first-order chi connectivity index (χ1) is 17.1. The minimum Gasteiger partial charge on any atom is -0.494 e. The second-order valence-electron chi connectivity index (χ2n) is 8.57. The molecule has 1 aliphatic heterocycles. The number of halogens is 1. The first-order valence-corrected chi connectivity index (χ1v) is 12.4. The Morgan fingerprint density at radius 2 is 1.77 bits per heavy atom. The number of benzene rings is 3. The van der Waals surface area contributed by atoms with Crippen LogP contribution in [0.3, 0.4) is 0 Å². The Kier molecular flexibility index (Phi) is 6.91. The number of hydrogen-bond donors (Lipinski definition) is 0. The topological polar surface area (TPSA) is 56.6 Å². The van der Waals surface area contributed by atoms with E-state index in [1.165, 1.54) is 0 Å². The Morgan fingerprint density at radius 3 is 2.60 bits per heavy atom. The number of nitrogens with zero attached hydrogens (tertiary/aromatic N) is 3. The van der Waals surface area contributed by atoms with E-state index in [4.69, 9.17) is 26.1 Å². The molecular weight excluding hydrogens is 462 g/mol. The lowest BCUT2D eigenvalue weighted by Crippen LogP contribution is -2.25. The lowest BCUT2D eigenvalue weighted by molar-refractivity contribution is -0.117. The highest BCUT2D eigenvalue weighted by Gasteiger charge is 2.35. The lowest BCUT2D eigenvalue weighted by atomic mass is 10.1. The number of amides is 1. The van der Waals surface area contributed by atoms with Gasteiger partial charge >= 0.3 is 0 Å². The van der Waals surface area contributed by atoms with Crippen molar-refractivity contribution in [2.45, 2.75) is 32.2 Å². The van der Waals surface area contributed by atoms with Gasteiger partial charge in [-0.15, -0.1) is 0 Å². The first kappa shape index (κ1) is 23.2. The molecule has 1 aliphatic rings. The Bertz CT molecular complexity index is 1320. The van der Waals surface area contributed by atoms with Crippen LogP contribution in [-0.2, 0) is 11.3 Å². The number of carbonyl (C=O) groups excluding carboxylic acids is 1. The highest BCUT2D eigenvalue weighted by molar-refractivity contribution is 6.30. The molecule has 0 saturated carbocycles. The van der Waals surface area contributed by atoms with E-state index in [1.807, 2.05) is 78.6 Å². The summed E-state index contributed by atoms with van der Waals surface area (Å²) < 4.78 is 13.9. The molecule has 180 valence electrons. The molecule has 0 spiro atoms. The zero-order chi connectivity index (χ0) is 24.2. The Morgan fingerprint density at radius 1 is 1.00 bits per heavy atom. The molecule has 4 aromatic rings. The third-order valence-corrected chi connectivity index (χ3v) is 6.49. The van der Waals surface area contributed by atoms with Crippen molar-refractivity contribution in [3.05, 3.63) is 83.6 Å². The van der Waals surface area contributed by atoms with Crippen molar-refractivity contribution in [1.29, 1.82) is 0 Å². The predicted octanol–water partition coefficient (Wildman–Crippen LogP) is 6.08. The second kappa shape index (κ2) is 10.4. The molecule has 0 unspecified atom stereocenters. The molecule has 35 heavy (non-hydrogen) atoms. The molecule has 0 bridgehead atoms. The largest absolute Gasteiger partial charge is 0.494 e. The monoisotopic (exact) mass is 489 g/mol. The van der Waals surface area contributed by atoms with E-state index in [9.17, 15) is 4.79 Å². The number of ether oxygens (including phenoxy) is 2. The molecule has 2 heterocycles. The number of rotatable bonds is 9. The van der Waals surface area contributed by atoms with Gasteiger partial charge in [0, 0.05) is 30.5 Å². The van der Waals surface area contributed by atoms with Crippen LogP contribution in [0.5, 0.6) is 11.5 Å². The van der Waals surface area contributed by atoms with Gasteiger partial charge in [0.05, 0.1) is 29.9 Å². The summed E-state index contributed by atoms with van der Waals surface area (Å²) in [7, 11) is 0. The van der Waals surface area contributed by atoms with Crippen LogP contribution >= 0.6 is 11.6 Å². The van der Waals surface area contributed by atoms with E-state index in [-0.39, 0.29) is 11.8 Å². The van der Waals surface area contributed by atoms with Gasteiger partial charge in [0.15, 0.2) is 0 Å². The van der Waals surface area contributed by atoms with Gasteiger partial charge in [0.25, 0.3) is 0 Å². The van der Waals surface area contributed by atoms with Crippen molar-refractivity contribution in [2.24, 2.45) is 0 Å². The van der Waals surface area contributed by atoms with E-state index >= 15 is 0 Å². The van der Waals surface area contributed by atoms with Gasteiger partial charge in [-0.25, -0.2) is 4.98 Å². The SMILES string of the molecule is CCOc1ccccc1N1C[C@@H](c2nc3ccccc3n2CCCOc2ccc(Cl)cc2)CC1=O. The summed E-state index contributed by atoms with van der Waals surface area (Å²) in [5.41, 5.74) is 2.84. The van der Waals surface area contributed by atoms with Crippen LogP contribution in [0.2, 0.25) is 5.02 Å². The standard InChI is InChI=1S/C28H28ClN3O3/c1-2-34-26-11-6-5-10-25(26)32-19-20(18-27(32)33)28-30-23-8-3-4-9-24(23)31(28)16-7-17-35-22-14-12-21(29)13-15-22/h3-6,8-15,20H,2,7,16-19H2,1H3/t20-/m0/s1. The Hall–Kier alpha value is -3.51. The number of anilines is 1. The lowest BCUT2D eigenvalue weighted by Gasteiger charge is -2.20. The maximum Gasteiger partial charge on any atom is 0.227 e. The van der Waals surface area contributed by atoms with Gasteiger partial charge in [0.1, 0.15) is 17.3 Å². The molecule has 3 aromatic carbocycles. The van der Waals surface area contributed by atoms with Gasteiger partial charge in [0.2, 0.25) is 5.91 Å². The number of aromatic nitrogens is 2. The molecule has 7 heteroatoms. The predicted molar refractivity (Wildman–Crippen MR) is 139 cm³/mol. The van der Waals surface area contributed by atoms with Crippen molar-refractivity contribution in [3.63, 3.8) is 0 Å². The summed E-state index contributed by atoms with van der Waals surface area (Å²) in [5.74, 6) is 2.57. The third kappa shape index (κ3) is 4.98. The number of fused-ring (bicyclic) bond motifs is 1. The summed E-state index contributed by atoms with van der Waals surface area (Å²) >= 11 is 5.96. The zero-order valence-electron chi connectivity index (χ0n) is 19.7. The minimum atomic E-state index is 0.00164. The number of hydrogen-bond acceptors (Lipinski definition) is 4. The normalized spacial score (nSPS) is 15.7. The maximum absolute atomic E-state index is 13.1. The van der Waals surface area contributed by atoms with E-state index in [0.29, 0.717) is 31.2 Å². The Balaban J connectivity index is 1.35. The number of para-hydroxylation sites is 4. The summed E-state index contributed by atoms with van der Waals surface area (Å²) in [4.78, 5) is 19.9. The highest BCUT2D eigenvalue weighted by Crippen LogP contribution is 2.37. The highest BCUT2D eigenvalue weighted by atomic mass is 35.5. The van der Waals surface area contributed by atoms with Gasteiger partial charge in [-0.3, -0.25) is 4.79 Å². The van der Waals surface area contributed by atoms with E-state index in [2.05, 4.69) is 10.6 Å². The van der Waals surface area contributed by atoms with Crippen molar-refractivity contribution in [1.82, 2.24) is 9.55 Å². The van der Waals surface area contributed by atoms with Crippen molar-refractivity contribution in [2.75, 3.05) is 24.7 Å². The maximum atomic E-state index is 13.1. The van der Waals surface area contributed by atoms with Gasteiger partial charge in [-0.05, 0) is 61.9 Å². The molecule has 1 fully saturated rings.